The van der Waals surface area contributed by atoms with E-state index in [0.29, 0.717) is 10.0 Å². The molecule has 90 valence electrons. The Hall–Kier alpha value is -0.860. The van der Waals surface area contributed by atoms with Gasteiger partial charge in [-0.1, -0.05) is 23.2 Å². The molecular formula is C13H13Cl2NO. The smallest absolute Gasteiger partial charge is 0.137 e. The van der Waals surface area contributed by atoms with Crippen LogP contribution in [0.15, 0.2) is 22.8 Å². The summed E-state index contributed by atoms with van der Waals surface area (Å²) in [5.41, 5.74) is 1.94. The number of hydrogen-bond acceptors (Lipinski definition) is 2. The summed E-state index contributed by atoms with van der Waals surface area (Å²) < 4.78 is 5.55. The molecule has 0 spiro atoms. The van der Waals surface area contributed by atoms with Gasteiger partial charge in [0.15, 0.2) is 0 Å². The summed E-state index contributed by atoms with van der Waals surface area (Å²) in [6.07, 6.45) is 5.61. The van der Waals surface area contributed by atoms with Crippen molar-refractivity contribution in [3.05, 3.63) is 28.4 Å². The highest BCUT2D eigenvalue weighted by atomic mass is 35.5. The Labute approximate surface area is 110 Å². The number of hydrogen-bond donors (Lipinski definition) is 0. The first-order valence-corrected chi connectivity index (χ1v) is 6.62. The van der Waals surface area contributed by atoms with Gasteiger partial charge in [0.2, 0.25) is 0 Å². The van der Waals surface area contributed by atoms with Crippen LogP contribution in [0, 0.1) is 0 Å². The van der Waals surface area contributed by atoms with E-state index in [1.54, 1.807) is 6.07 Å². The molecule has 0 aliphatic carbocycles. The minimum absolute atomic E-state index is 0.540. The van der Waals surface area contributed by atoms with Gasteiger partial charge in [-0.3, -0.25) is 0 Å². The van der Waals surface area contributed by atoms with Crippen LogP contribution in [0.3, 0.4) is 0 Å². The molecule has 1 aliphatic heterocycles. The summed E-state index contributed by atoms with van der Waals surface area (Å²) in [5.74, 6) is 0. The Balaban J connectivity index is 2.07. The topological polar surface area (TPSA) is 16.4 Å². The number of anilines is 1. The van der Waals surface area contributed by atoms with E-state index in [1.165, 1.54) is 19.3 Å². The Bertz CT molecular complexity index is 544. The maximum absolute atomic E-state index is 6.06. The molecule has 0 atom stereocenters. The molecule has 0 bridgehead atoms. The molecule has 0 N–H and O–H groups in total. The molecule has 0 unspecified atom stereocenters. The van der Waals surface area contributed by atoms with Gasteiger partial charge in [-0.05, 0) is 25.3 Å². The first-order valence-electron chi connectivity index (χ1n) is 5.87. The molecular weight excluding hydrogens is 257 g/mol. The van der Waals surface area contributed by atoms with Crippen LogP contribution in [0.1, 0.15) is 19.3 Å². The summed E-state index contributed by atoms with van der Waals surface area (Å²) in [7, 11) is 0. The van der Waals surface area contributed by atoms with Crippen molar-refractivity contribution in [2.24, 2.45) is 0 Å². The molecule has 0 amide bonds. The Morgan fingerprint density at radius 1 is 1.00 bits per heavy atom. The van der Waals surface area contributed by atoms with Crippen LogP contribution in [0.25, 0.3) is 11.0 Å². The average molecular weight is 270 g/mol. The summed E-state index contributed by atoms with van der Waals surface area (Å²) in [6.45, 7) is 2.18. The highest BCUT2D eigenvalue weighted by Gasteiger charge is 2.17. The summed E-state index contributed by atoms with van der Waals surface area (Å²) in [6, 6.07) is 3.68. The summed E-state index contributed by atoms with van der Waals surface area (Å²) >= 11 is 12.0. The van der Waals surface area contributed by atoms with Gasteiger partial charge in [-0.15, -0.1) is 0 Å². The first kappa shape index (κ1) is 11.2. The normalized spacial score (nSPS) is 16.7. The van der Waals surface area contributed by atoms with E-state index in [4.69, 9.17) is 27.6 Å². The molecule has 0 radical (unpaired) electrons. The fraction of sp³-hybridized carbons (Fsp3) is 0.385. The lowest BCUT2D eigenvalue weighted by atomic mass is 10.1. The number of furan rings is 1. The lowest BCUT2D eigenvalue weighted by Crippen LogP contribution is -2.29. The number of piperidine rings is 1. The molecule has 2 heterocycles. The Morgan fingerprint density at radius 3 is 2.47 bits per heavy atom. The fourth-order valence-corrected chi connectivity index (χ4v) is 2.71. The van der Waals surface area contributed by atoms with E-state index in [1.807, 2.05) is 12.3 Å². The molecule has 1 fully saturated rings. The summed E-state index contributed by atoms with van der Waals surface area (Å²) in [4.78, 5) is 2.36. The van der Waals surface area contributed by atoms with Gasteiger partial charge in [-0.2, -0.15) is 0 Å². The Kier molecular flexibility index (Phi) is 2.93. The third kappa shape index (κ3) is 2.00. The molecule has 1 aromatic carbocycles. The molecule has 1 aliphatic rings. The van der Waals surface area contributed by atoms with Gasteiger partial charge in [0.1, 0.15) is 11.8 Å². The number of rotatable bonds is 1. The predicted octanol–water partition coefficient (Wildman–Crippen LogP) is 4.73. The van der Waals surface area contributed by atoms with Crippen molar-refractivity contribution in [2.45, 2.75) is 19.3 Å². The van der Waals surface area contributed by atoms with Crippen LogP contribution in [0.4, 0.5) is 5.69 Å². The molecule has 4 heteroatoms. The zero-order chi connectivity index (χ0) is 11.8. The SMILES string of the molecule is Clc1cc2occ(N3CCCCC3)c2cc1Cl. The largest absolute Gasteiger partial charge is 0.462 e. The van der Waals surface area contributed by atoms with Crippen LogP contribution in [0.2, 0.25) is 10.0 Å². The van der Waals surface area contributed by atoms with E-state index in [-0.39, 0.29) is 0 Å². The van der Waals surface area contributed by atoms with Gasteiger partial charge >= 0.3 is 0 Å². The van der Waals surface area contributed by atoms with Crippen molar-refractivity contribution in [3.8, 4) is 0 Å². The second-order valence-corrected chi connectivity index (χ2v) is 5.25. The number of nitrogens with zero attached hydrogens (tertiary/aromatic N) is 1. The van der Waals surface area contributed by atoms with Gasteiger partial charge in [-0.25, -0.2) is 0 Å². The van der Waals surface area contributed by atoms with E-state index >= 15 is 0 Å². The molecule has 3 rings (SSSR count). The molecule has 1 saturated heterocycles. The first-order chi connectivity index (χ1) is 8.25. The lowest BCUT2D eigenvalue weighted by Gasteiger charge is -2.27. The molecule has 0 saturated carbocycles. The predicted molar refractivity (Wildman–Crippen MR) is 72.3 cm³/mol. The van der Waals surface area contributed by atoms with Crippen molar-refractivity contribution in [2.75, 3.05) is 18.0 Å². The third-order valence-electron chi connectivity index (χ3n) is 3.29. The van der Waals surface area contributed by atoms with Crippen LogP contribution in [0.5, 0.6) is 0 Å². The third-order valence-corrected chi connectivity index (χ3v) is 4.01. The minimum atomic E-state index is 0.540. The number of fused-ring (bicyclic) bond motifs is 1. The zero-order valence-corrected chi connectivity index (χ0v) is 10.9. The van der Waals surface area contributed by atoms with Crippen molar-refractivity contribution in [1.29, 1.82) is 0 Å². The molecule has 1 aromatic heterocycles. The lowest BCUT2D eigenvalue weighted by molar-refractivity contribution is 0.569. The van der Waals surface area contributed by atoms with E-state index in [0.717, 1.165) is 29.7 Å². The summed E-state index contributed by atoms with van der Waals surface area (Å²) in [5, 5.41) is 2.18. The molecule has 2 aromatic rings. The quantitative estimate of drug-likeness (QED) is 0.744. The van der Waals surface area contributed by atoms with Gasteiger partial charge < -0.3 is 9.32 Å². The van der Waals surface area contributed by atoms with Crippen molar-refractivity contribution < 1.29 is 4.42 Å². The number of benzene rings is 1. The van der Waals surface area contributed by atoms with E-state index in [2.05, 4.69) is 4.90 Å². The highest BCUT2D eigenvalue weighted by Crippen LogP contribution is 2.36. The van der Waals surface area contributed by atoms with Crippen LogP contribution >= 0.6 is 23.2 Å². The standard InChI is InChI=1S/C13H13Cl2NO/c14-10-6-9-12(16-4-2-1-3-5-16)8-17-13(9)7-11(10)15/h6-8H,1-5H2. The maximum atomic E-state index is 6.06. The number of halogens is 2. The van der Waals surface area contributed by atoms with Crippen molar-refractivity contribution in [1.82, 2.24) is 0 Å². The minimum Gasteiger partial charge on any atom is -0.462 e. The van der Waals surface area contributed by atoms with E-state index in [9.17, 15) is 0 Å². The molecule has 2 nitrogen and oxygen atoms in total. The fourth-order valence-electron chi connectivity index (χ4n) is 2.39. The van der Waals surface area contributed by atoms with E-state index < -0.39 is 0 Å². The van der Waals surface area contributed by atoms with Gasteiger partial charge in [0, 0.05) is 24.5 Å². The Morgan fingerprint density at radius 2 is 1.71 bits per heavy atom. The second-order valence-electron chi connectivity index (χ2n) is 4.43. The van der Waals surface area contributed by atoms with Gasteiger partial charge in [0.05, 0.1) is 15.7 Å². The zero-order valence-electron chi connectivity index (χ0n) is 9.38. The van der Waals surface area contributed by atoms with Crippen LogP contribution < -0.4 is 4.90 Å². The average Bonchev–Trinajstić information content (AvgIpc) is 2.74. The van der Waals surface area contributed by atoms with Crippen molar-refractivity contribution >= 4 is 39.9 Å². The van der Waals surface area contributed by atoms with Crippen LogP contribution in [-0.2, 0) is 0 Å². The van der Waals surface area contributed by atoms with Crippen molar-refractivity contribution in [3.63, 3.8) is 0 Å². The molecule has 17 heavy (non-hydrogen) atoms. The highest BCUT2D eigenvalue weighted by molar-refractivity contribution is 6.42. The second kappa shape index (κ2) is 4.43. The maximum Gasteiger partial charge on any atom is 0.137 e. The van der Waals surface area contributed by atoms with Gasteiger partial charge in [0.25, 0.3) is 0 Å². The van der Waals surface area contributed by atoms with Crippen LogP contribution in [-0.4, -0.2) is 13.1 Å². The monoisotopic (exact) mass is 269 g/mol.